The normalized spacial score (nSPS) is 9.83. The number of hydrogen-bond donors (Lipinski definition) is 1. The zero-order valence-corrected chi connectivity index (χ0v) is 11.1. The lowest BCUT2D eigenvalue weighted by molar-refractivity contribution is 0.197. The molecule has 0 bridgehead atoms. The van der Waals surface area contributed by atoms with Crippen LogP contribution in [0, 0.1) is 0 Å². The Balaban J connectivity index is 1.93. The maximum Gasteiger partial charge on any atom is 0.435 e. The van der Waals surface area contributed by atoms with Gasteiger partial charge in [0.25, 0.3) is 0 Å². The Morgan fingerprint density at radius 1 is 1.00 bits per heavy atom. The van der Waals surface area contributed by atoms with Crippen LogP contribution in [0.4, 0.5) is 4.79 Å². The lowest BCUT2D eigenvalue weighted by Gasteiger charge is -2.13. The maximum atomic E-state index is 11.7. The van der Waals surface area contributed by atoms with E-state index in [9.17, 15) is 4.79 Å². The van der Waals surface area contributed by atoms with Crippen LogP contribution in [0.15, 0.2) is 65.6 Å². The fourth-order valence-corrected chi connectivity index (χ4v) is 2.16. The topological polar surface area (TPSA) is 29.5 Å². The Hall–Kier alpha value is -1.59. The van der Waals surface area contributed by atoms with Gasteiger partial charge in [-0.15, -0.1) is 0 Å². The number of para-hydroxylation sites is 1. The molecule has 0 aliphatic carbocycles. The molecular weight excluding hydrogens is 266 g/mol. The average molecular weight is 277 g/mol. The molecule has 5 heteroatoms. The molecule has 0 heterocycles. The highest BCUT2D eigenvalue weighted by atomic mass is 32.2. The molecule has 0 aliphatic rings. The van der Waals surface area contributed by atoms with Gasteiger partial charge in [0, 0.05) is 16.8 Å². The van der Waals surface area contributed by atoms with Crippen molar-refractivity contribution in [2.75, 3.05) is 0 Å². The number of carbonyl (C=O) groups is 1. The molecule has 2 aromatic carbocycles. The standard InChI is InChI=1S/C13H11NO2S2/c15-13(16-11-7-3-1-4-8-11)14(17)18-12-9-5-2-6-10-12/h1-10,17H. The second-order valence-corrected chi connectivity index (χ2v) is 5.05. The Labute approximate surface area is 115 Å². The largest absolute Gasteiger partial charge is 0.435 e. The predicted molar refractivity (Wildman–Crippen MR) is 75.6 cm³/mol. The van der Waals surface area contributed by atoms with Gasteiger partial charge in [0.2, 0.25) is 0 Å². The molecule has 2 rings (SSSR count). The first-order valence-corrected chi connectivity index (χ1v) is 6.42. The summed E-state index contributed by atoms with van der Waals surface area (Å²) in [6.45, 7) is 0. The van der Waals surface area contributed by atoms with Crippen LogP contribution < -0.4 is 4.74 Å². The molecule has 0 N–H and O–H groups in total. The molecule has 0 fully saturated rings. The smallest absolute Gasteiger partial charge is 0.409 e. The van der Waals surface area contributed by atoms with E-state index in [0.717, 1.165) is 8.61 Å². The monoisotopic (exact) mass is 277 g/mol. The van der Waals surface area contributed by atoms with Crippen molar-refractivity contribution in [2.24, 2.45) is 0 Å². The Kier molecular flexibility index (Phi) is 4.55. The molecule has 0 radical (unpaired) electrons. The number of hydrogen-bond acceptors (Lipinski definition) is 4. The third-order valence-electron chi connectivity index (χ3n) is 2.04. The number of ether oxygens (including phenoxy) is 1. The van der Waals surface area contributed by atoms with Gasteiger partial charge in [-0.25, -0.2) is 4.79 Å². The molecule has 92 valence electrons. The van der Waals surface area contributed by atoms with Gasteiger partial charge < -0.3 is 4.74 Å². The Morgan fingerprint density at radius 3 is 2.17 bits per heavy atom. The quantitative estimate of drug-likeness (QED) is 0.678. The van der Waals surface area contributed by atoms with Crippen LogP contribution in [0.2, 0.25) is 0 Å². The summed E-state index contributed by atoms with van der Waals surface area (Å²) < 4.78 is 6.29. The molecule has 0 spiro atoms. The summed E-state index contributed by atoms with van der Waals surface area (Å²) in [6.07, 6.45) is -0.529. The van der Waals surface area contributed by atoms with Crippen molar-refractivity contribution in [3.63, 3.8) is 0 Å². The Morgan fingerprint density at radius 2 is 1.56 bits per heavy atom. The molecule has 18 heavy (non-hydrogen) atoms. The third-order valence-corrected chi connectivity index (χ3v) is 3.25. The van der Waals surface area contributed by atoms with Crippen LogP contribution in [0.3, 0.4) is 0 Å². The summed E-state index contributed by atoms with van der Waals surface area (Å²) in [5.74, 6) is 0.496. The second kappa shape index (κ2) is 6.37. The first kappa shape index (κ1) is 12.9. The first-order valence-electron chi connectivity index (χ1n) is 5.24. The third kappa shape index (κ3) is 3.72. The molecule has 0 unspecified atom stereocenters. The van der Waals surface area contributed by atoms with Gasteiger partial charge in [0.05, 0.1) is 0 Å². The minimum absolute atomic E-state index is 0.496. The summed E-state index contributed by atoms with van der Waals surface area (Å²) in [5.41, 5.74) is 0. The second-order valence-electron chi connectivity index (χ2n) is 3.36. The highest BCUT2D eigenvalue weighted by molar-refractivity contribution is 8.06. The fourth-order valence-electron chi connectivity index (χ4n) is 1.25. The van der Waals surface area contributed by atoms with E-state index in [2.05, 4.69) is 12.8 Å². The summed E-state index contributed by atoms with van der Waals surface area (Å²) in [7, 11) is 0. The van der Waals surface area contributed by atoms with Crippen LogP contribution >= 0.6 is 24.8 Å². The van der Waals surface area contributed by atoms with E-state index in [1.165, 1.54) is 11.9 Å². The molecule has 0 saturated heterocycles. The summed E-state index contributed by atoms with van der Waals surface area (Å²) >= 11 is 5.28. The maximum absolute atomic E-state index is 11.7. The van der Waals surface area contributed by atoms with Crippen molar-refractivity contribution in [3.05, 3.63) is 60.7 Å². The van der Waals surface area contributed by atoms with Crippen LogP contribution in [0.1, 0.15) is 0 Å². The van der Waals surface area contributed by atoms with Gasteiger partial charge in [-0.2, -0.15) is 3.71 Å². The van der Waals surface area contributed by atoms with E-state index in [4.69, 9.17) is 4.74 Å². The van der Waals surface area contributed by atoms with Crippen LogP contribution in [-0.4, -0.2) is 9.80 Å². The molecule has 3 nitrogen and oxygen atoms in total. The van der Waals surface area contributed by atoms with Gasteiger partial charge in [0.15, 0.2) is 0 Å². The fraction of sp³-hybridized carbons (Fsp3) is 0. The van der Waals surface area contributed by atoms with E-state index >= 15 is 0 Å². The van der Waals surface area contributed by atoms with Gasteiger partial charge in [-0.1, -0.05) is 36.4 Å². The van der Waals surface area contributed by atoms with Crippen molar-refractivity contribution < 1.29 is 9.53 Å². The van der Waals surface area contributed by atoms with E-state index in [1.807, 2.05) is 36.4 Å². The molecule has 0 aromatic heterocycles. The van der Waals surface area contributed by atoms with Gasteiger partial charge >= 0.3 is 6.09 Å². The first-order chi connectivity index (χ1) is 8.75. The van der Waals surface area contributed by atoms with Gasteiger partial charge in [-0.05, 0) is 37.1 Å². The van der Waals surface area contributed by atoms with Crippen LogP contribution in [-0.2, 0) is 0 Å². The van der Waals surface area contributed by atoms with Crippen molar-refractivity contribution >= 4 is 30.9 Å². The van der Waals surface area contributed by atoms with Crippen molar-refractivity contribution in [3.8, 4) is 5.75 Å². The summed E-state index contributed by atoms with van der Waals surface area (Å²) in [4.78, 5) is 12.6. The van der Waals surface area contributed by atoms with Crippen molar-refractivity contribution in [2.45, 2.75) is 4.90 Å². The number of nitrogens with zero attached hydrogens (tertiary/aromatic N) is 1. The highest BCUT2D eigenvalue weighted by Gasteiger charge is 2.13. The predicted octanol–water partition coefficient (Wildman–Crippen LogP) is 4.04. The number of rotatable bonds is 3. The van der Waals surface area contributed by atoms with Crippen LogP contribution in [0.25, 0.3) is 0 Å². The number of thiol groups is 1. The van der Waals surface area contributed by atoms with E-state index < -0.39 is 6.09 Å². The molecular formula is C13H11NO2S2. The SMILES string of the molecule is O=C(Oc1ccccc1)N(S)Sc1ccccc1. The lowest BCUT2D eigenvalue weighted by atomic mass is 10.3. The number of carbonyl (C=O) groups excluding carboxylic acids is 1. The van der Waals surface area contributed by atoms with Gasteiger partial charge in [0.1, 0.15) is 5.75 Å². The van der Waals surface area contributed by atoms with Gasteiger partial charge in [-0.3, -0.25) is 0 Å². The van der Waals surface area contributed by atoms with Crippen molar-refractivity contribution in [1.29, 1.82) is 0 Å². The lowest BCUT2D eigenvalue weighted by Crippen LogP contribution is -2.18. The van der Waals surface area contributed by atoms with E-state index in [0.29, 0.717) is 5.75 Å². The van der Waals surface area contributed by atoms with E-state index in [1.54, 1.807) is 24.3 Å². The highest BCUT2D eigenvalue weighted by Crippen LogP contribution is 2.25. The average Bonchev–Trinajstić information content (AvgIpc) is 2.41. The molecule has 0 saturated carbocycles. The molecule has 1 amide bonds. The molecule has 0 atom stereocenters. The van der Waals surface area contributed by atoms with Crippen LogP contribution in [0.5, 0.6) is 5.75 Å². The zero-order chi connectivity index (χ0) is 12.8. The number of benzene rings is 2. The minimum atomic E-state index is -0.529. The zero-order valence-electron chi connectivity index (χ0n) is 9.39. The van der Waals surface area contributed by atoms with Crippen molar-refractivity contribution in [1.82, 2.24) is 3.71 Å². The summed E-state index contributed by atoms with van der Waals surface area (Å²) in [6, 6.07) is 18.4. The summed E-state index contributed by atoms with van der Waals surface area (Å²) in [5, 5.41) is 0. The number of amides is 1. The Bertz CT molecular complexity index is 505. The van der Waals surface area contributed by atoms with E-state index in [-0.39, 0.29) is 0 Å². The molecule has 2 aromatic rings. The molecule has 0 aliphatic heterocycles. The minimum Gasteiger partial charge on any atom is -0.409 e.